The van der Waals surface area contributed by atoms with Gasteiger partial charge in [0.2, 0.25) is 5.91 Å². The third-order valence-corrected chi connectivity index (χ3v) is 5.52. The molecular weight excluding hydrogens is 386 g/mol. The van der Waals surface area contributed by atoms with E-state index in [9.17, 15) is 9.59 Å². The molecule has 0 bridgehead atoms. The number of nitrogens with one attached hydrogen (secondary N) is 1. The monoisotopic (exact) mass is 413 g/mol. The molecule has 0 saturated carbocycles. The Balaban J connectivity index is 1.71. The van der Waals surface area contributed by atoms with E-state index in [1.807, 2.05) is 23.1 Å². The molecule has 1 atom stereocenters. The second-order valence-electron chi connectivity index (χ2n) is 7.45. The van der Waals surface area contributed by atoms with Crippen molar-refractivity contribution >= 4 is 23.4 Å². The Labute approximate surface area is 177 Å². The quantitative estimate of drug-likeness (QED) is 0.756. The third kappa shape index (κ3) is 6.05. The smallest absolute Gasteiger partial charge is 0.253 e. The first kappa shape index (κ1) is 21.3. The van der Waals surface area contributed by atoms with Crippen LogP contribution in [0.15, 0.2) is 54.6 Å². The Morgan fingerprint density at radius 1 is 1.10 bits per heavy atom. The zero-order valence-corrected chi connectivity index (χ0v) is 17.6. The highest BCUT2D eigenvalue weighted by molar-refractivity contribution is 6.30. The van der Waals surface area contributed by atoms with Gasteiger partial charge < -0.3 is 15.1 Å². The summed E-state index contributed by atoms with van der Waals surface area (Å²) >= 11 is 6.09. The molecule has 29 heavy (non-hydrogen) atoms. The molecule has 1 heterocycles. The van der Waals surface area contributed by atoms with Crippen LogP contribution < -0.4 is 5.32 Å². The number of halogens is 1. The first-order valence-corrected chi connectivity index (χ1v) is 10.5. The van der Waals surface area contributed by atoms with E-state index in [1.165, 1.54) is 5.56 Å². The summed E-state index contributed by atoms with van der Waals surface area (Å²) in [7, 11) is 0. The molecule has 1 N–H and O–H groups in total. The molecule has 1 aliphatic rings. The zero-order valence-electron chi connectivity index (χ0n) is 16.8. The van der Waals surface area contributed by atoms with Gasteiger partial charge in [-0.2, -0.15) is 0 Å². The third-order valence-electron chi connectivity index (χ3n) is 5.29. The predicted octanol–water partition coefficient (Wildman–Crippen LogP) is 3.41. The van der Waals surface area contributed by atoms with Crippen molar-refractivity contribution in [3.63, 3.8) is 0 Å². The Morgan fingerprint density at radius 2 is 1.83 bits per heavy atom. The van der Waals surface area contributed by atoms with Crippen LogP contribution in [0.3, 0.4) is 0 Å². The van der Waals surface area contributed by atoms with Crippen LogP contribution in [-0.2, 0) is 4.79 Å². The van der Waals surface area contributed by atoms with Crippen molar-refractivity contribution in [2.24, 2.45) is 0 Å². The van der Waals surface area contributed by atoms with Gasteiger partial charge in [-0.3, -0.25) is 9.59 Å². The number of nitrogens with zero attached hydrogens (tertiary/aromatic N) is 2. The highest BCUT2D eigenvalue weighted by Gasteiger charge is 2.22. The minimum atomic E-state index is -0.0941. The van der Waals surface area contributed by atoms with E-state index >= 15 is 0 Å². The molecule has 2 aromatic carbocycles. The van der Waals surface area contributed by atoms with Crippen LogP contribution in [-0.4, -0.2) is 60.9 Å². The molecule has 6 heteroatoms. The molecule has 1 saturated heterocycles. The van der Waals surface area contributed by atoms with Crippen molar-refractivity contribution in [2.45, 2.75) is 19.3 Å². The topological polar surface area (TPSA) is 52.7 Å². The summed E-state index contributed by atoms with van der Waals surface area (Å²) in [6.07, 6.45) is 0.327. The second kappa shape index (κ2) is 10.4. The Kier molecular flexibility index (Phi) is 7.67. The van der Waals surface area contributed by atoms with E-state index in [1.54, 1.807) is 29.2 Å². The van der Waals surface area contributed by atoms with Crippen molar-refractivity contribution < 1.29 is 9.59 Å². The number of rotatable bonds is 7. The van der Waals surface area contributed by atoms with E-state index in [2.05, 4.69) is 24.4 Å². The first-order chi connectivity index (χ1) is 14.0. The zero-order chi connectivity index (χ0) is 20.6. The Morgan fingerprint density at radius 3 is 2.52 bits per heavy atom. The van der Waals surface area contributed by atoms with Crippen molar-refractivity contribution in [1.82, 2.24) is 15.1 Å². The number of amides is 2. The van der Waals surface area contributed by atoms with Crippen LogP contribution in [0.1, 0.15) is 35.2 Å². The standard InChI is InChI=1S/C23H28ClN3O2/c1-18(19-6-3-2-4-7-19)17-27(23(29)20-8-5-9-21(24)16-20)13-10-22(28)26-14-11-25-12-15-26/h2-9,16,18,25H,10-15,17H2,1H3/t18-/m1/s1. The summed E-state index contributed by atoms with van der Waals surface area (Å²) in [6, 6.07) is 17.1. The van der Waals surface area contributed by atoms with Gasteiger partial charge in [0.1, 0.15) is 0 Å². The maximum Gasteiger partial charge on any atom is 0.253 e. The number of hydrogen-bond donors (Lipinski definition) is 1. The summed E-state index contributed by atoms with van der Waals surface area (Å²) in [6.45, 7) is 6.13. The summed E-state index contributed by atoms with van der Waals surface area (Å²) in [5.41, 5.74) is 1.72. The van der Waals surface area contributed by atoms with Crippen LogP contribution in [0, 0.1) is 0 Å². The van der Waals surface area contributed by atoms with Gasteiger partial charge in [-0.05, 0) is 29.7 Å². The minimum Gasteiger partial charge on any atom is -0.340 e. The Hall–Kier alpha value is -2.37. The molecule has 0 spiro atoms. The van der Waals surface area contributed by atoms with Gasteiger partial charge in [-0.25, -0.2) is 0 Å². The fraction of sp³-hybridized carbons (Fsp3) is 0.391. The number of piperazine rings is 1. The van der Waals surface area contributed by atoms with Crippen LogP contribution >= 0.6 is 11.6 Å². The van der Waals surface area contributed by atoms with Crippen LogP contribution in [0.2, 0.25) is 5.02 Å². The van der Waals surface area contributed by atoms with Crippen molar-refractivity contribution in [3.8, 4) is 0 Å². The van der Waals surface area contributed by atoms with E-state index in [-0.39, 0.29) is 17.7 Å². The van der Waals surface area contributed by atoms with Crippen molar-refractivity contribution in [2.75, 3.05) is 39.3 Å². The molecule has 5 nitrogen and oxygen atoms in total. The van der Waals surface area contributed by atoms with E-state index in [0.29, 0.717) is 30.1 Å². The normalized spacial score (nSPS) is 15.0. The number of hydrogen-bond acceptors (Lipinski definition) is 3. The van der Waals surface area contributed by atoms with Gasteiger partial charge in [0.15, 0.2) is 0 Å². The SMILES string of the molecule is C[C@H](CN(CCC(=O)N1CCNCC1)C(=O)c1cccc(Cl)c1)c1ccccc1. The Bertz CT molecular complexity index is 822. The largest absolute Gasteiger partial charge is 0.340 e. The summed E-state index contributed by atoms with van der Waals surface area (Å²) in [4.78, 5) is 29.5. The molecular formula is C23H28ClN3O2. The fourth-order valence-electron chi connectivity index (χ4n) is 3.60. The number of carbonyl (C=O) groups excluding carboxylic acids is 2. The van der Waals surface area contributed by atoms with Crippen molar-refractivity contribution in [1.29, 1.82) is 0 Å². The molecule has 0 aromatic heterocycles. The molecule has 154 valence electrons. The van der Waals surface area contributed by atoms with Crippen molar-refractivity contribution in [3.05, 3.63) is 70.7 Å². The lowest BCUT2D eigenvalue weighted by Crippen LogP contribution is -2.47. The van der Waals surface area contributed by atoms with E-state index in [0.717, 1.165) is 26.2 Å². The molecule has 3 rings (SSSR count). The van der Waals surface area contributed by atoms with Gasteiger partial charge in [0.05, 0.1) is 0 Å². The molecule has 2 amide bonds. The van der Waals surface area contributed by atoms with Gasteiger partial charge in [-0.1, -0.05) is 54.9 Å². The first-order valence-electron chi connectivity index (χ1n) is 10.1. The molecule has 1 aliphatic heterocycles. The lowest BCUT2D eigenvalue weighted by Gasteiger charge is -2.30. The van der Waals surface area contributed by atoms with Gasteiger partial charge in [0.25, 0.3) is 5.91 Å². The number of benzene rings is 2. The average molecular weight is 414 g/mol. The van der Waals surface area contributed by atoms with Crippen LogP contribution in [0.5, 0.6) is 0 Å². The van der Waals surface area contributed by atoms with Gasteiger partial charge in [0, 0.05) is 56.3 Å². The molecule has 0 aliphatic carbocycles. The summed E-state index contributed by atoms with van der Waals surface area (Å²) in [5.74, 6) is 0.166. The van der Waals surface area contributed by atoms with Crippen LogP contribution in [0.25, 0.3) is 0 Å². The molecule has 1 fully saturated rings. The molecule has 0 unspecified atom stereocenters. The lowest BCUT2D eigenvalue weighted by molar-refractivity contribution is -0.131. The lowest BCUT2D eigenvalue weighted by atomic mass is 10.00. The average Bonchev–Trinajstić information content (AvgIpc) is 2.77. The summed E-state index contributed by atoms with van der Waals surface area (Å²) < 4.78 is 0. The highest BCUT2D eigenvalue weighted by atomic mass is 35.5. The fourth-order valence-corrected chi connectivity index (χ4v) is 3.79. The maximum atomic E-state index is 13.2. The van der Waals surface area contributed by atoms with E-state index in [4.69, 9.17) is 11.6 Å². The predicted molar refractivity (Wildman–Crippen MR) is 116 cm³/mol. The minimum absolute atomic E-state index is 0.0941. The van der Waals surface area contributed by atoms with Crippen LogP contribution in [0.4, 0.5) is 0 Å². The van der Waals surface area contributed by atoms with Gasteiger partial charge in [-0.15, -0.1) is 0 Å². The molecule has 0 radical (unpaired) electrons. The molecule has 2 aromatic rings. The number of carbonyl (C=O) groups is 2. The van der Waals surface area contributed by atoms with Gasteiger partial charge >= 0.3 is 0 Å². The highest BCUT2D eigenvalue weighted by Crippen LogP contribution is 2.19. The maximum absolute atomic E-state index is 13.2. The second-order valence-corrected chi connectivity index (χ2v) is 7.89. The van der Waals surface area contributed by atoms with E-state index < -0.39 is 0 Å². The summed E-state index contributed by atoms with van der Waals surface area (Å²) in [5, 5.41) is 3.78.